The minimum atomic E-state index is -0.864. The summed E-state index contributed by atoms with van der Waals surface area (Å²) in [6, 6.07) is 7.02. The van der Waals surface area contributed by atoms with Gasteiger partial charge in [0.1, 0.15) is 5.69 Å². The van der Waals surface area contributed by atoms with E-state index in [9.17, 15) is 13.6 Å². The van der Waals surface area contributed by atoms with Gasteiger partial charge in [0, 0.05) is 10.2 Å². The number of para-hydroxylation sites is 1. The van der Waals surface area contributed by atoms with E-state index in [4.69, 9.17) is 5.73 Å². The second-order valence-electron chi connectivity index (χ2n) is 4.23. The summed E-state index contributed by atoms with van der Waals surface area (Å²) < 4.78 is 27.6. The molecule has 3 nitrogen and oxygen atoms in total. The quantitative estimate of drug-likeness (QED) is 0.815. The fourth-order valence-corrected chi connectivity index (χ4v) is 2.12. The molecule has 0 heterocycles. The first-order valence-corrected chi connectivity index (χ1v) is 6.50. The number of aryl methyl sites for hydroxylation is 1. The highest BCUT2D eigenvalue weighted by Gasteiger charge is 2.16. The van der Waals surface area contributed by atoms with E-state index >= 15 is 0 Å². The van der Waals surface area contributed by atoms with Gasteiger partial charge in [0.15, 0.2) is 11.6 Å². The predicted octanol–water partition coefficient (Wildman–Crippen LogP) is 3.87. The molecule has 0 fully saturated rings. The van der Waals surface area contributed by atoms with Crippen LogP contribution in [0.2, 0.25) is 0 Å². The Balaban J connectivity index is 2.36. The number of nitrogens with two attached hydrogens (primary N) is 1. The number of amides is 1. The van der Waals surface area contributed by atoms with Gasteiger partial charge in [-0.15, -0.1) is 0 Å². The molecule has 0 saturated carbocycles. The van der Waals surface area contributed by atoms with Crippen molar-refractivity contribution in [1.82, 2.24) is 0 Å². The van der Waals surface area contributed by atoms with E-state index in [0.717, 1.165) is 17.7 Å². The van der Waals surface area contributed by atoms with Crippen molar-refractivity contribution in [3.63, 3.8) is 0 Å². The lowest BCUT2D eigenvalue weighted by Crippen LogP contribution is -2.16. The van der Waals surface area contributed by atoms with Crippen molar-refractivity contribution in [2.45, 2.75) is 6.92 Å². The van der Waals surface area contributed by atoms with Crippen LogP contribution >= 0.6 is 15.9 Å². The second-order valence-corrected chi connectivity index (χ2v) is 5.15. The molecular formula is C14H11BrF2N2O. The molecule has 2 rings (SSSR count). The Bertz CT molecular complexity index is 666. The van der Waals surface area contributed by atoms with Gasteiger partial charge >= 0.3 is 0 Å². The van der Waals surface area contributed by atoms with Gasteiger partial charge in [-0.1, -0.05) is 28.1 Å². The van der Waals surface area contributed by atoms with Gasteiger partial charge in [-0.25, -0.2) is 8.78 Å². The SMILES string of the molecule is Cc1cccc(C(=O)Nc2c(F)cc(Br)cc2F)c1N. The Kier molecular flexibility index (Phi) is 4.04. The molecule has 0 aliphatic heterocycles. The fraction of sp³-hybridized carbons (Fsp3) is 0.0714. The molecule has 6 heteroatoms. The maximum Gasteiger partial charge on any atom is 0.257 e. The third kappa shape index (κ3) is 2.80. The van der Waals surface area contributed by atoms with Gasteiger partial charge in [-0.3, -0.25) is 4.79 Å². The first-order chi connectivity index (χ1) is 9.40. The summed E-state index contributed by atoms with van der Waals surface area (Å²) in [5.41, 5.74) is 6.45. The Morgan fingerprint density at radius 2 is 1.85 bits per heavy atom. The maximum absolute atomic E-state index is 13.7. The molecule has 0 saturated heterocycles. The number of carbonyl (C=O) groups excluding carboxylic acids is 1. The van der Waals surface area contributed by atoms with Crippen LogP contribution in [0, 0.1) is 18.6 Å². The Labute approximate surface area is 122 Å². The molecule has 0 aliphatic carbocycles. The molecule has 0 aliphatic rings. The summed E-state index contributed by atoms with van der Waals surface area (Å²) >= 11 is 2.97. The van der Waals surface area contributed by atoms with Gasteiger partial charge in [0.25, 0.3) is 5.91 Å². The number of hydrogen-bond acceptors (Lipinski definition) is 2. The van der Waals surface area contributed by atoms with Crippen molar-refractivity contribution in [2.75, 3.05) is 11.1 Å². The molecule has 2 aromatic carbocycles. The number of carbonyl (C=O) groups is 1. The normalized spacial score (nSPS) is 10.4. The van der Waals surface area contributed by atoms with E-state index in [1.165, 1.54) is 6.07 Å². The standard InChI is InChI=1S/C14H11BrF2N2O/c1-7-3-2-4-9(12(7)18)14(20)19-13-10(16)5-8(15)6-11(13)17/h2-6H,18H2,1H3,(H,19,20). The highest BCUT2D eigenvalue weighted by Crippen LogP contribution is 2.25. The zero-order chi connectivity index (χ0) is 14.9. The lowest BCUT2D eigenvalue weighted by molar-refractivity contribution is 0.102. The minimum Gasteiger partial charge on any atom is -0.398 e. The summed E-state index contributed by atoms with van der Waals surface area (Å²) in [5, 5.41) is 2.20. The van der Waals surface area contributed by atoms with Crippen LogP contribution in [0.15, 0.2) is 34.8 Å². The monoisotopic (exact) mass is 340 g/mol. The van der Waals surface area contributed by atoms with Crippen molar-refractivity contribution < 1.29 is 13.6 Å². The van der Waals surface area contributed by atoms with Crippen molar-refractivity contribution >= 4 is 33.2 Å². The van der Waals surface area contributed by atoms with Crippen LogP contribution in [-0.4, -0.2) is 5.91 Å². The minimum absolute atomic E-state index is 0.173. The summed E-state index contributed by atoms with van der Waals surface area (Å²) in [6.07, 6.45) is 0. The maximum atomic E-state index is 13.7. The van der Waals surface area contributed by atoms with Crippen molar-refractivity contribution in [3.05, 3.63) is 57.6 Å². The number of nitrogen functional groups attached to an aromatic ring is 1. The van der Waals surface area contributed by atoms with Crippen LogP contribution in [-0.2, 0) is 0 Å². The van der Waals surface area contributed by atoms with Gasteiger partial charge in [-0.2, -0.15) is 0 Å². The zero-order valence-corrected chi connectivity index (χ0v) is 12.1. The van der Waals surface area contributed by atoms with E-state index in [1.807, 2.05) is 0 Å². The summed E-state index contributed by atoms with van der Waals surface area (Å²) in [6.45, 7) is 1.74. The van der Waals surface area contributed by atoms with Crippen molar-refractivity contribution in [1.29, 1.82) is 0 Å². The molecular weight excluding hydrogens is 330 g/mol. The van der Waals surface area contributed by atoms with E-state index in [0.29, 0.717) is 0 Å². The van der Waals surface area contributed by atoms with Crippen LogP contribution in [0.1, 0.15) is 15.9 Å². The molecule has 2 aromatic rings. The topological polar surface area (TPSA) is 55.1 Å². The fourth-order valence-electron chi connectivity index (χ4n) is 1.72. The average Bonchev–Trinajstić information content (AvgIpc) is 2.36. The van der Waals surface area contributed by atoms with Crippen LogP contribution in [0.5, 0.6) is 0 Å². The van der Waals surface area contributed by atoms with E-state index in [-0.39, 0.29) is 15.7 Å². The summed E-state index contributed by atoms with van der Waals surface area (Å²) in [5.74, 6) is -2.39. The molecule has 0 bridgehead atoms. The third-order valence-electron chi connectivity index (χ3n) is 2.81. The van der Waals surface area contributed by atoms with Gasteiger partial charge < -0.3 is 11.1 Å². The highest BCUT2D eigenvalue weighted by atomic mass is 79.9. The highest BCUT2D eigenvalue weighted by molar-refractivity contribution is 9.10. The number of halogens is 3. The average molecular weight is 341 g/mol. The Hall–Kier alpha value is -1.95. The summed E-state index contributed by atoms with van der Waals surface area (Å²) in [7, 11) is 0. The van der Waals surface area contributed by atoms with Gasteiger partial charge in [0.05, 0.1) is 5.56 Å². The Morgan fingerprint density at radius 1 is 1.25 bits per heavy atom. The van der Waals surface area contributed by atoms with Crippen LogP contribution in [0.25, 0.3) is 0 Å². The molecule has 0 atom stereocenters. The second kappa shape index (κ2) is 5.58. The van der Waals surface area contributed by atoms with Crippen LogP contribution in [0.3, 0.4) is 0 Å². The molecule has 1 amide bonds. The molecule has 3 N–H and O–H groups in total. The number of nitrogens with one attached hydrogen (secondary N) is 1. The zero-order valence-electron chi connectivity index (χ0n) is 10.5. The van der Waals surface area contributed by atoms with Crippen LogP contribution in [0.4, 0.5) is 20.2 Å². The van der Waals surface area contributed by atoms with Crippen molar-refractivity contribution in [3.8, 4) is 0 Å². The van der Waals surface area contributed by atoms with Gasteiger partial charge in [-0.05, 0) is 30.7 Å². The molecule has 0 unspecified atom stereocenters. The number of hydrogen-bond donors (Lipinski definition) is 2. The van der Waals surface area contributed by atoms with Crippen LogP contribution < -0.4 is 11.1 Å². The first kappa shape index (κ1) is 14.5. The van der Waals surface area contributed by atoms with Gasteiger partial charge in [0.2, 0.25) is 0 Å². The molecule has 20 heavy (non-hydrogen) atoms. The molecule has 104 valence electrons. The summed E-state index contributed by atoms with van der Waals surface area (Å²) in [4.78, 5) is 12.0. The largest absolute Gasteiger partial charge is 0.398 e. The number of anilines is 2. The first-order valence-electron chi connectivity index (χ1n) is 5.71. The molecule has 0 spiro atoms. The van der Waals surface area contributed by atoms with Crippen molar-refractivity contribution in [2.24, 2.45) is 0 Å². The number of benzene rings is 2. The lowest BCUT2D eigenvalue weighted by Gasteiger charge is -2.11. The third-order valence-corrected chi connectivity index (χ3v) is 3.27. The van der Waals surface area contributed by atoms with E-state index in [2.05, 4.69) is 21.2 Å². The molecule has 0 aromatic heterocycles. The predicted molar refractivity (Wildman–Crippen MR) is 77.6 cm³/mol. The lowest BCUT2D eigenvalue weighted by atomic mass is 10.1. The molecule has 0 radical (unpaired) electrons. The smallest absolute Gasteiger partial charge is 0.257 e. The van der Waals surface area contributed by atoms with E-state index in [1.54, 1.807) is 19.1 Å². The number of rotatable bonds is 2. The van der Waals surface area contributed by atoms with E-state index < -0.39 is 23.2 Å². The Morgan fingerprint density at radius 3 is 2.45 bits per heavy atom.